The van der Waals surface area contributed by atoms with Crippen molar-refractivity contribution in [3.8, 4) is 0 Å². The molecule has 3 nitrogen and oxygen atoms in total. The Kier molecular flexibility index (Phi) is 9.84. The van der Waals surface area contributed by atoms with E-state index in [1.165, 1.54) is 5.56 Å². The summed E-state index contributed by atoms with van der Waals surface area (Å²) < 4.78 is 0. The van der Waals surface area contributed by atoms with Gasteiger partial charge in [-0.3, -0.25) is 0 Å². The van der Waals surface area contributed by atoms with E-state index in [9.17, 15) is 10.2 Å². The van der Waals surface area contributed by atoms with Crippen molar-refractivity contribution in [1.82, 2.24) is 0 Å². The van der Waals surface area contributed by atoms with Crippen LogP contribution in [-0.2, 0) is 6.42 Å². The molecule has 0 amide bonds. The maximum Gasteiger partial charge on any atom is 2.00 e. The number of aliphatic hydroxyl groups excluding tert-OH is 2. The first-order valence-electron chi connectivity index (χ1n) is 10.0. The summed E-state index contributed by atoms with van der Waals surface area (Å²) in [6.07, 6.45) is 8.41. The number of aliphatic hydroxyl groups is 2. The average Bonchev–Trinajstić information content (AvgIpc) is 3.52. The van der Waals surface area contributed by atoms with Crippen LogP contribution in [0.3, 0.4) is 0 Å². The summed E-state index contributed by atoms with van der Waals surface area (Å²) in [5, 5.41) is 22.2. The number of hydrogen-bond acceptors (Lipinski definition) is 3. The van der Waals surface area contributed by atoms with Crippen LogP contribution in [0.1, 0.15) is 38.2 Å². The predicted molar refractivity (Wildman–Crippen MR) is 117 cm³/mol. The van der Waals surface area contributed by atoms with Crippen LogP contribution < -0.4 is 5.32 Å². The fourth-order valence-electron chi connectivity index (χ4n) is 3.85. The number of allylic oxidation sites excluding steroid dienone is 4. The minimum absolute atomic E-state index is 0. The summed E-state index contributed by atoms with van der Waals surface area (Å²) in [6, 6.07) is 8.77. The molecule has 5 unspecified atom stereocenters. The Hall–Kier alpha value is -0.238. The van der Waals surface area contributed by atoms with E-state index in [2.05, 4.69) is 25.2 Å². The van der Waals surface area contributed by atoms with Crippen molar-refractivity contribution in [2.24, 2.45) is 17.8 Å². The van der Waals surface area contributed by atoms with E-state index in [1.54, 1.807) is 0 Å². The largest absolute Gasteiger partial charge is 2.00 e. The maximum atomic E-state index is 10.0. The molecule has 0 spiro atoms. The molecular weight excluding hydrogens is 631 g/mol. The SMILES string of the molecule is OC1CCc2c[c-]ccc2N1.[CH2-]/C(=C(/O)C1CC1)C(C)C1C(Cl)C=CCC1Cl.[U+2]. The van der Waals surface area contributed by atoms with Gasteiger partial charge in [0.25, 0.3) is 0 Å². The zero-order chi connectivity index (χ0) is 20.3. The molecule has 0 bridgehead atoms. The number of alkyl halides is 2. The van der Waals surface area contributed by atoms with E-state index in [1.807, 2.05) is 30.4 Å². The zero-order valence-corrected chi connectivity index (χ0v) is 22.4. The van der Waals surface area contributed by atoms with Gasteiger partial charge in [0.2, 0.25) is 0 Å². The molecule has 0 radical (unpaired) electrons. The van der Waals surface area contributed by atoms with E-state index < -0.39 is 0 Å². The summed E-state index contributed by atoms with van der Waals surface area (Å²) in [4.78, 5) is 0. The molecule has 1 fully saturated rings. The summed E-state index contributed by atoms with van der Waals surface area (Å²) in [5.74, 6) is 1.09. The van der Waals surface area contributed by atoms with Gasteiger partial charge in [0.05, 0.1) is 5.38 Å². The summed E-state index contributed by atoms with van der Waals surface area (Å²) in [7, 11) is 0. The van der Waals surface area contributed by atoms with Crippen LogP contribution in [-0.4, -0.2) is 27.2 Å². The van der Waals surface area contributed by atoms with E-state index in [-0.39, 0.29) is 59.9 Å². The van der Waals surface area contributed by atoms with Crippen LogP contribution >= 0.6 is 23.2 Å². The maximum absolute atomic E-state index is 10.0. The van der Waals surface area contributed by atoms with E-state index in [0.29, 0.717) is 11.7 Å². The number of fused-ring (bicyclic) bond motifs is 1. The van der Waals surface area contributed by atoms with Gasteiger partial charge in [-0.1, -0.05) is 55.7 Å². The molecule has 5 atom stereocenters. The minimum atomic E-state index is -0.370. The summed E-state index contributed by atoms with van der Waals surface area (Å²) >= 11 is 12.7. The molecule has 156 valence electrons. The zero-order valence-electron chi connectivity index (χ0n) is 16.7. The fourth-order valence-corrected chi connectivity index (χ4v) is 4.90. The van der Waals surface area contributed by atoms with Crippen molar-refractivity contribution < 1.29 is 41.3 Å². The number of aryl methyl sites for hydroxylation is 1. The fraction of sp³-hybridized carbons (Fsp3) is 0.522. The standard InChI is InChI=1S/C14H19Cl2O.C9H10NO.U/c1-8(9(2)14(17)10-6-7-10)13-11(15)4-3-5-12(13)16;11-9-6-5-7-3-1-2-4-8(7)10-9;/h3-4,8,10-13,17H,2,5-7H2,1H3;2-4,9-11H,5-6H2;/q2*-1;+2/b14-9-;;. The number of nitrogens with one attached hydrogen (secondary N) is 1. The molecule has 6 heteroatoms. The van der Waals surface area contributed by atoms with Crippen LogP contribution in [0.4, 0.5) is 5.69 Å². The first-order valence-corrected chi connectivity index (χ1v) is 10.9. The van der Waals surface area contributed by atoms with Crippen LogP contribution in [0.2, 0.25) is 0 Å². The number of halogens is 2. The van der Waals surface area contributed by atoms with Crippen LogP contribution in [0, 0.1) is 61.9 Å². The number of rotatable bonds is 3. The second kappa shape index (κ2) is 11.4. The molecular formula is C23H29Cl2NO2U. The molecule has 4 rings (SSSR count). The third-order valence-corrected chi connectivity index (χ3v) is 6.75. The van der Waals surface area contributed by atoms with Crippen molar-refractivity contribution in [3.63, 3.8) is 0 Å². The molecule has 3 aliphatic rings. The molecule has 1 aliphatic heterocycles. The minimum Gasteiger partial charge on any atom is -0.596 e. The molecule has 29 heavy (non-hydrogen) atoms. The number of benzene rings is 1. The molecule has 1 aromatic carbocycles. The van der Waals surface area contributed by atoms with Crippen molar-refractivity contribution in [2.75, 3.05) is 5.32 Å². The van der Waals surface area contributed by atoms with Gasteiger partial charge in [0.1, 0.15) is 6.23 Å². The van der Waals surface area contributed by atoms with Gasteiger partial charge in [0, 0.05) is 5.38 Å². The smallest absolute Gasteiger partial charge is 0.596 e. The monoisotopic (exact) mass is 659 g/mol. The van der Waals surface area contributed by atoms with Crippen molar-refractivity contribution in [3.05, 3.63) is 60.2 Å². The topological polar surface area (TPSA) is 52.5 Å². The van der Waals surface area contributed by atoms with E-state index in [4.69, 9.17) is 23.2 Å². The molecule has 3 N–H and O–H groups in total. The van der Waals surface area contributed by atoms with Crippen LogP contribution in [0.15, 0.2) is 41.7 Å². The summed E-state index contributed by atoms with van der Waals surface area (Å²) in [5.41, 5.74) is 3.12. The quantitative estimate of drug-likeness (QED) is 0.171. The molecule has 1 saturated carbocycles. The van der Waals surface area contributed by atoms with Gasteiger partial charge >= 0.3 is 31.1 Å². The second-order valence-corrected chi connectivity index (χ2v) is 9.02. The van der Waals surface area contributed by atoms with Gasteiger partial charge in [-0.05, 0) is 24.7 Å². The first-order chi connectivity index (χ1) is 13.4. The van der Waals surface area contributed by atoms with Gasteiger partial charge in [-0.25, -0.2) is 6.92 Å². The normalized spacial score (nSPS) is 29.8. The molecule has 0 saturated heterocycles. The third kappa shape index (κ3) is 6.62. The van der Waals surface area contributed by atoms with Crippen molar-refractivity contribution in [2.45, 2.75) is 56.0 Å². The number of anilines is 1. The Balaban J connectivity index is 0.000000217. The van der Waals surface area contributed by atoms with Crippen LogP contribution in [0.25, 0.3) is 0 Å². The Morgan fingerprint density at radius 1 is 1.31 bits per heavy atom. The van der Waals surface area contributed by atoms with E-state index >= 15 is 0 Å². The Bertz CT molecular complexity index is 735. The predicted octanol–water partition coefficient (Wildman–Crippen LogP) is 5.63. The summed E-state index contributed by atoms with van der Waals surface area (Å²) in [6.45, 7) is 6.10. The first kappa shape index (κ1) is 25.0. The Morgan fingerprint density at radius 3 is 2.69 bits per heavy atom. The second-order valence-electron chi connectivity index (χ2n) is 7.96. The van der Waals surface area contributed by atoms with Gasteiger partial charge in [0.15, 0.2) is 0 Å². The molecule has 1 heterocycles. The van der Waals surface area contributed by atoms with Crippen LogP contribution in [0.5, 0.6) is 0 Å². The molecule has 1 aromatic rings. The van der Waals surface area contributed by atoms with Crippen molar-refractivity contribution in [1.29, 1.82) is 0 Å². The Morgan fingerprint density at radius 2 is 2.03 bits per heavy atom. The Labute approximate surface area is 208 Å². The molecule has 2 aliphatic carbocycles. The molecule has 0 aromatic heterocycles. The van der Waals surface area contributed by atoms with Gasteiger partial charge < -0.3 is 15.5 Å². The third-order valence-electron chi connectivity index (χ3n) is 5.85. The van der Waals surface area contributed by atoms with Gasteiger partial charge in [-0.2, -0.15) is 23.8 Å². The average molecular weight is 660 g/mol. The van der Waals surface area contributed by atoms with Gasteiger partial charge in [-0.15, -0.1) is 34.8 Å². The van der Waals surface area contributed by atoms with Crippen molar-refractivity contribution >= 4 is 28.9 Å². The number of hydrogen-bond donors (Lipinski definition) is 3. The van der Waals surface area contributed by atoms with E-state index in [0.717, 1.165) is 43.4 Å².